The number of nitrogens with zero attached hydrogens (tertiary/aromatic N) is 2. The molecule has 0 saturated carbocycles. The van der Waals surface area contributed by atoms with E-state index >= 15 is 0 Å². The van der Waals surface area contributed by atoms with E-state index < -0.39 is 0 Å². The molecule has 0 spiro atoms. The maximum Gasteiger partial charge on any atom is 0.191 e. The van der Waals surface area contributed by atoms with Crippen LogP contribution in [-0.4, -0.2) is 19.6 Å². The Morgan fingerprint density at radius 3 is 2.60 bits per heavy atom. The molecule has 2 rings (SSSR count). The summed E-state index contributed by atoms with van der Waals surface area (Å²) in [5.41, 5.74) is 2.19. The molecule has 0 unspecified atom stereocenters. The Bertz CT molecular complexity index is 726. The van der Waals surface area contributed by atoms with Gasteiger partial charge in [-0.2, -0.15) is 5.26 Å². The number of nitrogens with one attached hydrogen (secondary N) is 2. The molecule has 0 aliphatic rings. The fourth-order valence-electron chi connectivity index (χ4n) is 2.32. The minimum atomic E-state index is -0.332. The predicted molar refractivity (Wildman–Crippen MR) is 109 cm³/mol. The Morgan fingerprint density at radius 1 is 1.16 bits per heavy atom. The first kappa shape index (κ1) is 20.9. The molecule has 0 saturated heterocycles. The monoisotopic (exact) mass is 452 g/mol. The number of nitriles is 1. The fraction of sp³-hybridized carbons (Fsp3) is 0.263. The molecule has 4 nitrogen and oxygen atoms in total. The molecule has 0 heterocycles. The largest absolute Gasteiger partial charge is 0.356 e. The zero-order chi connectivity index (χ0) is 17.2. The van der Waals surface area contributed by atoms with Crippen molar-refractivity contribution in [3.05, 3.63) is 71.0 Å². The Labute approximate surface area is 165 Å². The molecule has 0 aliphatic heterocycles. The molecule has 0 aliphatic carbocycles. The molecule has 0 aromatic heterocycles. The number of benzene rings is 2. The zero-order valence-electron chi connectivity index (χ0n) is 14.1. The van der Waals surface area contributed by atoms with Crippen molar-refractivity contribution in [2.45, 2.75) is 19.4 Å². The molecule has 2 N–H and O–H groups in total. The lowest BCUT2D eigenvalue weighted by molar-refractivity contribution is 0.604. The topological polar surface area (TPSA) is 60.2 Å². The fourth-order valence-corrected chi connectivity index (χ4v) is 2.32. The van der Waals surface area contributed by atoms with Crippen LogP contribution in [0, 0.1) is 17.1 Å². The van der Waals surface area contributed by atoms with Crippen molar-refractivity contribution in [2.75, 3.05) is 13.6 Å². The number of halogens is 2. The van der Waals surface area contributed by atoms with Gasteiger partial charge in [0.05, 0.1) is 11.6 Å². The SMILES string of the molecule is CN=C(NCCCc1ccccc1)NCc1cc(C#N)ccc1F.I. The highest BCUT2D eigenvalue weighted by atomic mass is 127. The average Bonchev–Trinajstić information content (AvgIpc) is 2.63. The molecule has 2 aromatic carbocycles. The van der Waals surface area contributed by atoms with E-state index in [1.807, 2.05) is 24.3 Å². The zero-order valence-corrected chi connectivity index (χ0v) is 16.5. The lowest BCUT2D eigenvalue weighted by Gasteiger charge is -2.12. The molecule has 6 heteroatoms. The molecule has 0 radical (unpaired) electrons. The minimum Gasteiger partial charge on any atom is -0.356 e. The summed E-state index contributed by atoms with van der Waals surface area (Å²) in [4.78, 5) is 4.13. The van der Waals surface area contributed by atoms with Gasteiger partial charge in [-0.3, -0.25) is 4.99 Å². The number of rotatable bonds is 6. The number of aliphatic imine (C=N–C) groups is 1. The van der Waals surface area contributed by atoms with Gasteiger partial charge >= 0.3 is 0 Å². The first-order valence-corrected chi connectivity index (χ1v) is 7.90. The number of aryl methyl sites for hydroxylation is 1. The van der Waals surface area contributed by atoms with Gasteiger partial charge in [0.15, 0.2) is 5.96 Å². The summed E-state index contributed by atoms with van der Waals surface area (Å²) < 4.78 is 13.7. The Hall–Kier alpha value is -2.14. The average molecular weight is 452 g/mol. The van der Waals surface area contributed by atoms with Crippen LogP contribution in [0.5, 0.6) is 0 Å². The normalized spacial score (nSPS) is 10.5. The minimum absolute atomic E-state index is 0. The molecular weight excluding hydrogens is 430 g/mol. The summed E-state index contributed by atoms with van der Waals surface area (Å²) in [7, 11) is 1.68. The number of guanidine groups is 1. The molecule has 2 aromatic rings. The van der Waals surface area contributed by atoms with Crippen LogP contribution in [-0.2, 0) is 13.0 Å². The van der Waals surface area contributed by atoms with Gasteiger partial charge in [0.1, 0.15) is 5.82 Å². The van der Waals surface area contributed by atoms with E-state index in [1.165, 1.54) is 17.7 Å². The van der Waals surface area contributed by atoms with Crippen molar-refractivity contribution in [3.8, 4) is 6.07 Å². The van der Waals surface area contributed by atoms with Crippen LogP contribution >= 0.6 is 24.0 Å². The van der Waals surface area contributed by atoms with Crippen LogP contribution < -0.4 is 10.6 Å². The second-order valence-electron chi connectivity index (χ2n) is 5.36. The Kier molecular flexibility index (Phi) is 9.55. The van der Waals surface area contributed by atoms with Gasteiger partial charge in [0, 0.05) is 25.7 Å². The van der Waals surface area contributed by atoms with Gasteiger partial charge in [-0.1, -0.05) is 30.3 Å². The van der Waals surface area contributed by atoms with Crippen molar-refractivity contribution >= 4 is 29.9 Å². The highest BCUT2D eigenvalue weighted by Gasteiger charge is 2.05. The molecule has 0 bridgehead atoms. The third-order valence-corrected chi connectivity index (χ3v) is 3.62. The summed E-state index contributed by atoms with van der Waals surface area (Å²) >= 11 is 0. The lowest BCUT2D eigenvalue weighted by Crippen LogP contribution is -2.37. The predicted octanol–water partition coefficient (Wildman–Crippen LogP) is 3.61. The maximum absolute atomic E-state index is 13.7. The van der Waals surface area contributed by atoms with Gasteiger partial charge in [-0.25, -0.2) is 4.39 Å². The first-order chi connectivity index (χ1) is 11.7. The second-order valence-corrected chi connectivity index (χ2v) is 5.36. The summed E-state index contributed by atoms with van der Waals surface area (Å²) in [6.45, 7) is 1.05. The molecule has 0 atom stereocenters. The lowest BCUT2D eigenvalue weighted by atomic mass is 10.1. The van der Waals surface area contributed by atoms with Crippen molar-refractivity contribution < 1.29 is 4.39 Å². The van der Waals surface area contributed by atoms with Crippen molar-refractivity contribution in [3.63, 3.8) is 0 Å². The van der Waals surface area contributed by atoms with E-state index in [0.29, 0.717) is 17.1 Å². The van der Waals surface area contributed by atoms with Crippen LogP contribution in [0.1, 0.15) is 23.1 Å². The van der Waals surface area contributed by atoms with E-state index in [2.05, 4.69) is 27.8 Å². The van der Waals surface area contributed by atoms with Gasteiger partial charge < -0.3 is 10.6 Å². The second kappa shape index (κ2) is 11.4. The number of hydrogen-bond acceptors (Lipinski definition) is 2. The molecule has 25 heavy (non-hydrogen) atoms. The summed E-state index contributed by atoms with van der Waals surface area (Å²) in [6.07, 6.45) is 1.96. The van der Waals surface area contributed by atoms with Crippen LogP contribution in [0.2, 0.25) is 0 Å². The van der Waals surface area contributed by atoms with Crippen LogP contribution in [0.15, 0.2) is 53.5 Å². The van der Waals surface area contributed by atoms with Crippen LogP contribution in [0.25, 0.3) is 0 Å². The highest BCUT2D eigenvalue weighted by molar-refractivity contribution is 14.0. The highest BCUT2D eigenvalue weighted by Crippen LogP contribution is 2.09. The smallest absolute Gasteiger partial charge is 0.191 e. The van der Waals surface area contributed by atoms with Gasteiger partial charge in [0.2, 0.25) is 0 Å². The van der Waals surface area contributed by atoms with E-state index in [4.69, 9.17) is 5.26 Å². The maximum atomic E-state index is 13.7. The van der Waals surface area contributed by atoms with Crippen LogP contribution in [0.4, 0.5) is 4.39 Å². The molecule has 132 valence electrons. The molecule has 0 fully saturated rings. The van der Waals surface area contributed by atoms with Crippen molar-refractivity contribution in [1.29, 1.82) is 5.26 Å². The summed E-state index contributed by atoms with van der Waals surface area (Å²) in [5.74, 6) is 0.283. The Morgan fingerprint density at radius 2 is 1.92 bits per heavy atom. The van der Waals surface area contributed by atoms with E-state index in [1.54, 1.807) is 13.1 Å². The Balaban J connectivity index is 0.00000312. The quantitative estimate of drug-likeness (QED) is 0.305. The summed E-state index contributed by atoms with van der Waals surface area (Å²) in [5, 5.41) is 15.2. The number of hydrogen-bond donors (Lipinski definition) is 2. The third-order valence-electron chi connectivity index (χ3n) is 3.62. The molecular formula is C19H22FIN4. The van der Waals surface area contributed by atoms with Crippen LogP contribution in [0.3, 0.4) is 0 Å². The summed E-state index contributed by atoms with van der Waals surface area (Å²) in [6, 6.07) is 16.6. The standard InChI is InChI=1S/C19H21FN4.HI/c1-22-19(23-11-5-8-15-6-3-2-4-7-15)24-14-17-12-16(13-21)9-10-18(17)20;/h2-4,6-7,9-10,12H,5,8,11,14H2,1H3,(H2,22,23,24);1H. The van der Waals surface area contributed by atoms with Crippen molar-refractivity contribution in [2.24, 2.45) is 4.99 Å². The van der Waals surface area contributed by atoms with Gasteiger partial charge in [-0.15, -0.1) is 24.0 Å². The molecule has 0 amide bonds. The van der Waals surface area contributed by atoms with E-state index in [0.717, 1.165) is 19.4 Å². The van der Waals surface area contributed by atoms with Gasteiger partial charge in [0.25, 0.3) is 0 Å². The van der Waals surface area contributed by atoms with Crippen molar-refractivity contribution in [1.82, 2.24) is 10.6 Å². The van der Waals surface area contributed by atoms with E-state index in [9.17, 15) is 4.39 Å². The van der Waals surface area contributed by atoms with E-state index in [-0.39, 0.29) is 36.3 Å². The third kappa shape index (κ3) is 7.10. The van der Waals surface area contributed by atoms with Gasteiger partial charge in [-0.05, 0) is 36.6 Å². The first-order valence-electron chi connectivity index (χ1n) is 7.90.